The van der Waals surface area contributed by atoms with E-state index >= 15 is 0 Å². The standard InChI is InChI=1S/C16H22BNO2/c1-11-9-14-12(7-8-18(14)6)10-13(11)17-19-15(2,3)16(4,5)20-17/h7-10H,1-6H3. The van der Waals surface area contributed by atoms with E-state index in [1.165, 1.54) is 16.5 Å². The Bertz CT molecular complexity index is 656. The number of fused-ring (bicyclic) bond motifs is 1. The Labute approximate surface area is 121 Å². The summed E-state index contributed by atoms with van der Waals surface area (Å²) in [6.45, 7) is 10.5. The SMILES string of the molecule is Cc1cc2c(ccn2C)cc1B1OC(C)(C)C(C)(C)O1. The molecule has 3 nitrogen and oxygen atoms in total. The van der Waals surface area contributed by atoms with Gasteiger partial charge in [0.2, 0.25) is 0 Å². The van der Waals surface area contributed by atoms with Crippen molar-refractivity contribution < 1.29 is 9.31 Å². The van der Waals surface area contributed by atoms with E-state index in [1.54, 1.807) is 0 Å². The van der Waals surface area contributed by atoms with Crippen LogP contribution in [0.4, 0.5) is 0 Å². The molecular formula is C16H22BNO2. The summed E-state index contributed by atoms with van der Waals surface area (Å²) in [5.41, 5.74) is 2.98. The summed E-state index contributed by atoms with van der Waals surface area (Å²) in [5, 5.41) is 1.22. The minimum Gasteiger partial charge on any atom is -0.399 e. The molecule has 0 spiro atoms. The molecule has 0 N–H and O–H groups in total. The van der Waals surface area contributed by atoms with Gasteiger partial charge in [-0.15, -0.1) is 0 Å². The molecule has 0 atom stereocenters. The topological polar surface area (TPSA) is 23.4 Å². The minimum atomic E-state index is -0.296. The molecule has 1 aliphatic heterocycles. The molecule has 0 bridgehead atoms. The van der Waals surface area contributed by atoms with Gasteiger partial charge < -0.3 is 13.9 Å². The van der Waals surface area contributed by atoms with E-state index in [2.05, 4.69) is 70.6 Å². The van der Waals surface area contributed by atoms with Crippen LogP contribution >= 0.6 is 0 Å². The lowest BCUT2D eigenvalue weighted by molar-refractivity contribution is 0.00578. The first kappa shape index (κ1) is 13.7. The number of hydrogen-bond acceptors (Lipinski definition) is 2. The van der Waals surface area contributed by atoms with E-state index in [-0.39, 0.29) is 18.3 Å². The van der Waals surface area contributed by atoms with Crippen molar-refractivity contribution >= 4 is 23.5 Å². The van der Waals surface area contributed by atoms with Crippen LogP contribution in [0.5, 0.6) is 0 Å². The van der Waals surface area contributed by atoms with Crippen LogP contribution in [-0.2, 0) is 16.4 Å². The van der Waals surface area contributed by atoms with Crippen LogP contribution in [-0.4, -0.2) is 22.9 Å². The highest BCUT2D eigenvalue weighted by Gasteiger charge is 2.52. The first-order valence-corrected chi connectivity index (χ1v) is 7.12. The summed E-state index contributed by atoms with van der Waals surface area (Å²) < 4.78 is 14.5. The summed E-state index contributed by atoms with van der Waals surface area (Å²) in [5.74, 6) is 0. The van der Waals surface area contributed by atoms with Crippen LogP contribution in [0, 0.1) is 6.92 Å². The summed E-state index contributed by atoms with van der Waals surface area (Å²) in [6, 6.07) is 6.52. The highest BCUT2D eigenvalue weighted by molar-refractivity contribution is 6.63. The molecule has 0 saturated carbocycles. The summed E-state index contributed by atoms with van der Waals surface area (Å²) in [4.78, 5) is 0. The highest BCUT2D eigenvalue weighted by Crippen LogP contribution is 2.36. The van der Waals surface area contributed by atoms with Crippen molar-refractivity contribution in [2.75, 3.05) is 0 Å². The highest BCUT2D eigenvalue weighted by atomic mass is 16.7. The summed E-state index contributed by atoms with van der Waals surface area (Å²) in [7, 11) is 1.78. The third kappa shape index (κ3) is 1.90. The lowest BCUT2D eigenvalue weighted by atomic mass is 9.76. The Morgan fingerprint density at radius 2 is 1.65 bits per heavy atom. The molecule has 2 heterocycles. The molecule has 106 valence electrons. The smallest absolute Gasteiger partial charge is 0.399 e. The van der Waals surface area contributed by atoms with Crippen LogP contribution < -0.4 is 5.46 Å². The molecule has 0 amide bonds. The molecule has 0 radical (unpaired) electrons. The molecule has 1 aromatic heterocycles. The van der Waals surface area contributed by atoms with Crippen LogP contribution in [0.2, 0.25) is 0 Å². The average Bonchev–Trinajstić information content (AvgIpc) is 2.77. The van der Waals surface area contributed by atoms with E-state index in [9.17, 15) is 0 Å². The Hall–Kier alpha value is -1.26. The van der Waals surface area contributed by atoms with Crippen molar-refractivity contribution in [3.8, 4) is 0 Å². The van der Waals surface area contributed by atoms with Gasteiger partial charge in [-0.2, -0.15) is 0 Å². The maximum absolute atomic E-state index is 6.16. The zero-order valence-corrected chi connectivity index (χ0v) is 13.2. The van der Waals surface area contributed by atoms with E-state index in [0.29, 0.717) is 0 Å². The number of hydrogen-bond donors (Lipinski definition) is 0. The number of nitrogens with zero attached hydrogens (tertiary/aromatic N) is 1. The van der Waals surface area contributed by atoms with Gasteiger partial charge in [-0.05, 0) is 63.2 Å². The largest absolute Gasteiger partial charge is 0.495 e. The lowest BCUT2D eigenvalue weighted by Gasteiger charge is -2.32. The van der Waals surface area contributed by atoms with Crippen LogP contribution in [0.15, 0.2) is 24.4 Å². The van der Waals surface area contributed by atoms with Crippen LogP contribution in [0.3, 0.4) is 0 Å². The minimum absolute atomic E-state index is 0.287. The van der Waals surface area contributed by atoms with Gasteiger partial charge in [0.1, 0.15) is 0 Å². The maximum atomic E-state index is 6.16. The molecule has 1 fully saturated rings. The Kier molecular flexibility index (Phi) is 2.83. The van der Waals surface area contributed by atoms with Crippen molar-refractivity contribution in [2.45, 2.75) is 45.8 Å². The predicted molar refractivity (Wildman–Crippen MR) is 83.4 cm³/mol. The van der Waals surface area contributed by atoms with E-state index in [1.807, 2.05) is 0 Å². The second-order valence-corrected chi connectivity index (χ2v) is 6.78. The van der Waals surface area contributed by atoms with Gasteiger partial charge in [-0.1, -0.05) is 6.07 Å². The Balaban J connectivity index is 2.05. The lowest BCUT2D eigenvalue weighted by Crippen LogP contribution is -2.41. The zero-order valence-electron chi connectivity index (χ0n) is 13.2. The number of aromatic nitrogens is 1. The van der Waals surface area contributed by atoms with Crippen molar-refractivity contribution in [3.05, 3.63) is 30.0 Å². The molecule has 1 aliphatic rings. The molecule has 2 aromatic rings. The first-order chi connectivity index (χ1) is 9.21. The summed E-state index contributed by atoms with van der Waals surface area (Å²) >= 11 is 0. The fourth-order valence-corrected chi connectivity index (χ4v) is 2.66. The van der Waals surface area contributed by atoms with Crippen molar-refractivity contribution in [1.29, 1.82) is 0 Å². The molecule has 0 aliphatic carbocycles. The van der Waals surface area contributed by atoms with Gasteiger partial charge in [-0.25, -0.2) is 0 Å². The second-order valence-electron chi connectivity index (χ2n) is 6.78. The van der Waals surface area contributed by atoms with Gasteiger partial charge in [0.15, 0.2) is 0 Å². The molecule has 1 saturated heterocycles. The quantitative estimate of drug-likeness (QED) is 0.744. The summed E-state index contributed by atoms with van der Waals surface area (Å²) in [6.07, 6.45) is 2.08. The maximum Gasteiger partial charge on any atom is 0.495 e. The molecule has 3 rings (SSSR count). The van der Waals surface area contributed by atoms with E-state index in [0.717, 1.165) is 5.46 Å². The van der Waals surface area contributed by atoms with Crippen molar-refractivity contribution in [2.24, 2.45) is 7.05 Å². The zero-order chi connectivity index (χ0) is 14.7. The van der Waals surface area contributed by atoms with Gasteiger partial charge in [-0.3, -0.25) is 0 Å². The third-order valence-electron chi connectivity index (χ3n) is 4.78. The van der Waals surface area contributed by atoms with Crippen molar-refractivity contribution in [3.63, 3.8) is 0 Å². The predicted octanol–water partition coefficient (Wildman–Crippen LogP) is 2.79. The van der Waals surface area contributed by atoms with E-state index < -0.39 is 0 Å². The molecule has 20 heavy (non-hydrogen) atoms. The normalized spacial score (nSPS) is 20.8. The monoisotopic (exact) mass is 271 g/mol. The fourth-order valence-electron chi connectivity index (χ4n) is 2.66. The third-order valence-corrected chi connectivity index (χ3v) is 4.78. The first-order valence-electron chi connectivity index (χ1n) is 7.12. The van der Waals surface area contributed by atoms with Gasteiger partial charge in [0.05, 0.1) is 11.2 Å². The van der Waals surface area contributed by atoms with E-state index in [4.69, 9.17) is 9.31 Å². The number of rotatable bonds is 1. The van der Waals surface area contributed by atoms with Crippen LogP contribution in [0.25, 0.3) is 10.9 Å². The number of aryl methyl sites for hydroxylation is 2. The molecule has 4 heteroatoms. The fraction of sp³-hybridized carbons (Fsp3) is 0.500. The average molecular weight is 271 g/mol. The second kappa shape index (κ2) is 4.12. The van der Waals surface area contributed by atoms with Gasteiger partial charge in [0.25, 0.3) is 0 Å². The van der Waals surface area contributed by atoms with Crippen LogP contribution in [0.1, 0.15) is 33.3 Å². The number of benzene rings is 1. The Morgan fingerprint density at radius 1 is 1.05 bits per heavy atom. The molecule has 0 unspecified atom stereocenters. The Morgan fingerprint density at radius 3 is 2.25 bits per heavy atom. The molecule has 1 aromatic carbocycles. The van der Waals surface area contributed by atoms with Gasteiger partial charge >= 0.3 is 7.12 Å². The molecular weight excluding hydrogens is 249 g/mol. The van der Waals surface area contributed by atoms with Crippen molar-refractivity contribution in [1.82, 2.24) is 4.57 Å². The van der Waals surface area contributed by atoms with Gasteiger partial charge in [0, 0.05) is 18.8 Å².